The lowest BCUT2D eigenvalue weighted by Crippen LogP contribution is -2.16. The quantitative estimate of drug-likeness (QED) is 0.780. The highest BCUT2D eigenvalue weighted by molar-refractivity contribution is 7.90. The Morgan fingerprint density at radius 3 is 2.35 bits per heavy atom. The Morgan fingerprint density at radius 1 is 1.29 bits per heavy atom. The van der Waals surface area contributed by atoms with Gasteiger partial charge in [0.25, 0.3) is 0 Å². The Balaban J connectivity index is 2.62. The first kappa shape index (κ1) is 14.2. The third-order valence-electron chi connectivity index (χ3n) is 2.52. The van der Waals surface area contributed by atoms with Gasteiger partial charge in [-0.3, -0.25) is 0 Å². The fraction of sp³-hybridized carbons (Fsp3) is 0.500. The van der Waals surface area contributed by atoms with Crippen LogP contribution in [0.2, 0.25) is 0 Å². The van der Waals surface area contributed by atoms with Crippen molar-refractivity contribution in [2.75, 3.05) is 25.6 Å². The molecule has 0 aromatic heterocycles. The molecule has 96 valence electrons. The van der Waals surface area contributed by atoms with E-state index in [0.29, 0.717) is 13.0 Å². The molecule has 17 heavy (non-hydrogen) atoms. The summed E-state index contributed by atoms with van der Waals surface area (Å²) < 4.78 is 22.0. The maximum absolute atomic E-state index is 11.0. The molecular weight excluding hydrogens is 238 g/mol. The van der Waals surface area contributed by atoms with Gasteiger partial charge in [-0.1, -0.05) is 24.3 Å². The molecule has 1 atom stereocenters. The minimum Gasteiger partial charge on any atom is -0.387 e. The largest absolute Gasteiger partial charge is 0.387 e. The second-order valence-electron chi connectivity index (χ2n) is 4.19. The molecule has 0 aliphatic heterocycles. The van der Waals surface area contributed by atoms with E-state index in [1.54, 1.807) is 7.05 Å². The van der Waals surface area contributed by atoms with Crippen molar-refractivity contribution in [1.82, 2.24) is 5.32 Å². The maximum Gasteiger partial charge on any atom is 0.147 e. The van der Waals surface area contributed by atoms with Crippen LogP contribution in [0.5, 0.6) is 0 Å². The van der Waals surface area contributed by atoms with Gasteiger partial charge in [0.1, 0.15) is 9.84 Å². The molecular formula is C12H19NO3S. The number of benzene rings is 1. The van der Waals surface area contributed by atoms with Gasteiger partial charge in [-0.15, -0.1) is 0 Å². The third kappa shape index (κ3) is 5.30. The smallest absolute Gasteiger partial charge is 0.147 e. The zero-order valence-corrected chi connectivity index (χ0v) is 11.0. The highest BCUT2D eigenvalue weighted by atomic mass is 32.2. The summed E-state index contributed by atoms with van der Waals surface area (Å²) in [6.07, 6.45) is 1.23. The molecule has 0 saturated heterocycles. The number of rotatable bonds is 6. The maximum atomic E-state index is 11.0. The van der Waals surface area contributed by atoms with Crippen molar-refractivity contribution in [2.45, 2.75) is 12.5 Å². The molecule has 0 radical (unpaired) electrons. The first-order valence-electron chi connectivity index (χ1n) is 5.51. The van der Waals surface area contributed by atoms with Crippen LogP contribution in [-0.2, 0) is 16.3 Å². The minimum atomic E-state index is -2.92. The predicted octanol–water partition coefficient (Wildman–Crippen LogP) is 0.527. The summed E-state index contributed by atoms with van der Waals surface area (Å²) >= 11 is 0. The number of likely N-dealkylation sites (N-methyl/N-ethyl adjacent to an activating group) is 1. The first-order valence-corrected chi connectivity index (χ1v) is 7.57. The molecule has 0 bridgehead atoms. The number of aryl methyl sites for hydroxylation is 1. The van der Waals surface area contributed by atoms with E-state index in [2.05, 4.69) is 5.32 Å². The number of sulfone groups is 1. The lowest BCUT2D eigenvalue weighted by molar-refractivity contribution is 0.178. The molecule has 0 aliphatic carbocycles. The lowest BCUT2D eigenvalue weighted by atomic mass is 10.1. The molecule has 0 amide bonds. The van der Waals surface area contributed by atoms with E-state index in [4.69, 9.17) is 0 Å². The monoisotopic (exact) mass is 257 g/mol. The van der Waals surface area contributed by atoms with Crippen molar-refractivity contribution in [1.29, 1.82) is 0 Å². The van der Waals surface area contributed by atoms with E-state index >= 15 is 0 Å². The molecule has 1 aromatic carbocycles. The Labute approximate surface area is 103 Å². The number of aliphatic hydroxyl groups is 1. The molecule has 1 unspecified atom stereocenters. The van der Waals surface area contributed by atoms with Crippen molar-refractivity contribution in [3.8, 4) is 0 Å². The zero-order chi connectivity index (χ0) is 12.9. The lowest BCUT2D eigenvalue weighted by Gasteiger charge is -2.10. The highest BCUT2D eigenvalue weighted by Gasteiger charge is 2.07. The molecule has 4 nitrogen and oxygen atoms in total. The molecule has 0 heterocycles. The van der Waals surface area contributed by atoms with Crippen LogP contribution in [0, 0.1) is 0 Å². The third-order valence-corrected chi connectivity index (χ3v) is 3.47. The van der Waals surface area contributed by atoms with E-state index in [1.165, 1.54) is 6.26 Å². The van der Waals surface area contributed by atoms with Gasteiger partial charge < -0.3 is 10.4 Å². The predicted molar refractivity (Wildman–Crippen MR) is 68.7 cm³/mol. The van der Waals surface area contributed by atoms with Crippen molar-refractivity contribution in [2.24, 2.45) is 0 Å². The molecule has 0 fully saturated rings. The summed E-state index contributed by atoms with van der Waals surface area (Å²) in [5, 5.41) is 12.6. The van der Waals surface area contributed by atoms with Crippen LogP contribution in [0.25, 0.3) is 0 Å². The van der Waals surface area contributed by atoms with Gasteiger partial charge in [0.15, 0.2) is 0 Å². The molecule has 1 rings (SSSR count). The van der Waals surface area contributed by atoms with Gasteiger partial charge in [-0.2, -0.15) is 0 Å². The number of aliphatic hydroxyl groups excluding tert-OH is 1. The Bertz CT molecular complexity index is 439. The number of hydrogen-bond acceptors (Lipinski definition) is 4. The Hall–Kier alpha value is -0.910. The van der Waals surface area contributed by atoms with Crippen LogP contribution < -0.4 is 5.32 Å². The van der Waals surface area contributed by atoms with Crippen molar-refractivity contribution in [3.63, 3.8) is 0 Å². The minimum absolute atomic E-state index is 0.158. The van der Waals surface area contributed by atoms with E-state index in [1.807, 2.05) is 24.3 Å². The molecule has 0 spiro atoms. The number of hydrogen-bond donors (Lipinski definition) is 2. The van der Waals surface area contributed by atoms with Gasteiger partial charge in [0.05, 0.1) is 11.9 Å². The second-order valence-corrected chi connectivity index (χ2v) is 6.45. The molecule has 5 heteroatoms. The molecule has 0 saturated carbocycles. The van der Waals surface area contributed by atoms with Gasteiger partial charge in [-0.25, -0.2) is 8.42 Å². The Kier molecular flexibility index (Phi) is 5.11. The summed E-state index contributed by atoms with van der Waals surface area (Å²) in [4.78, 5) is 0. The summed E-state index contributed by atoms with van der Waals surface area (Å²) in [5.41, 5.74) is 1.80. The van der Waals surface area contributed by atoms with Crippen LogP contribution in [0.15, 0.2) is 24.3 Å². The van der Waals surface area contributed by atoms with E-state index in [0.717, 1.165) is 11.1 Å². The summed E-state index contributed by atoms with van der Waals surface area (Å²) in [6.45, 7) is 0.503. The van der Waals surface area contributed by atoms with E-state index < -0.39 is 15.9 Å². The summed E-state index contributed by atoms with van der Waals surface area (Å²) in [7, 11) is -1.14. The van der Waals surface area contributed by atoms with Gasteiger partial charge in [-0.05, 0) is 24.6 Å². The normalized spacial score (nSPS) is 13.6. The summed E-state index contributed by atoms with van der Waals surface area (Å²) in [5.74, 6) is 0.158. The average molecular weight is 257 g/mol. The average Bonchev–Trinajstić information content (AvgIpc) is 2.26. The Morgan fingerprint density at radius 2 is 1.88 bits per heavy atom. The standard InChI is InChI=1S/C12H19NO3S/c1-13-9-12(14)11-5-3-10(4-6-11)7-8-17(2,15)16/h3-6,12-14H,7-9H2,1-2H3. The van der Waals surface area contributed by atoms with Crippen LogP contribution in [0.1, 0.15) is 17.2 Å². The number of nitrogens with one attached hydrogen (secondary N) is 1. The van der Waals surface area contributed by atoms with Crippen LogP contribution >= 0.6 is 0 Å². The van der Waals surface area contributed by atoms with Gasteiger partial charge in [0.2, 0.25) is 0 Å². The van der Waals surface area contributed by atoms with Crippen molar-refractivity contribution >= 4 is 9.84 Å². The van der Waals surface area contributed by atoms with Crippen LogP contribution in [0.3, 0.4) is 0 Å². The van der Waals surface area contributed by atoms with Crippen LogP contribution in [0.4, 0.5) is 0 Å². The summed E-state index contributed by atoms with van der Waals surface area (Å²) in [6, 6.07) is 7.39. The fourth-order valence-corrected chi connectivity index (χ4v) is 2.13. The van der Waals surface area contributed by atoms with Gasteiger partial charge >= 0.3 is 0 Å². The van der Waals surface area contributed by atoms with E-state index in [-0.39, 0.29) is 5.75 Å². The van der Waals surface area contributed by atoms with Crippen molar-refractivity contribution < 1.29 is 13.5 Å². The van der Waals surface area contributed by atoms with Crippen LogP contribution in [-0.4, -0.2) is 39.1 Å². The topological polar surface area (TPSA) is 66.4 Å². The molecule has 2 N–H and O–H groups in total. The fourth-order valence-electron chi connectivity index (χ4n) is 1.52. The molecule has 1 aromatic rings. The van der Waals surface area contributed by atoms with Crippen molar-refractivity contribution in [3.05, 3.63) is 35.4 Å². The first-order chi connectivity index (χ1) is 7.92. The van der Waals surface area contributed by atoms with Gasteiger partial charge in [0, 0.05) is 12.8 Å². The SMILES string of the molecule is CNCC(O)c1ccc(CCS(C)(=O)=O)cc1. The zero-order valence-electron chi connectivity index (χ0n) is 10.2. The molecule has 0 aliphatic rings. The highest BCUT2D eigenvalue weighted by Crippen LogP contribution is 2.13. The second kappa shape index (κ2) is 6.14. The van der Waals surface area contributed by atoms with E-state index in [9.17, 15) is 13.5 Å².